The number of nitrogens with zero attached hydrogens (tertiary/aromatic N) is 1. The standard InChI is InChI=1S/C20H16N2O3/c23-19(13-6-9-16(10-7-13)22(24)25)12-21-18-11-8-15-5-4-14-2-1-3-17(18)20(14)15/h1-3,6-11,21H,4-5,12H2. The third kappa shape index (κ3) is 2.74. The first-order valence-corrected chi connectivity index (χ1v) is 8.18. The topological polar surface area (TPSA) is 72.2 Å². The van der Waals surface area contributed by atoms with Crippen molar-refractivity contribution in [3.8, 4) is 0 Å². The summed E-state index contributed by atoms with van der Waals surface area (Å²) < 4.78 is 0. The number of hydrogen-bond donors (Lipinski definition) is 1. The van der Waals surface area contributed by atoms with Gasteiger partial charge < -0.3 is 5.32 Å². The van der Waals surface area contributed by atoms with Gasteiger partial charge in [0.15, 0.2) is 5.78 Å². The number of aryl methyl sites for hydroxylation is 2. The molecule has 3 aromatic carbocycles. The van der Waals surface area contributed by atoms with Crippen molar-refractivity contribution >= 4 is 27.9 Å². The number of rotatable bonds is 5. The first kappa shape index (κ1) is 15.3. The van der Waals surface area contributed by atoms with Crippen LogP contribution in [0, 0.1) is 10.1 Å². The zero-order valence-corrected chi connectivity index (χ0v) is 13.5. The number of non-ortho nitro benzene ring substituents is 1. The number of ketones is 1. The Morgan fingerprint density at radius 3 is 2.44 bits per heavy atom. The Bertz CT molecular complexity index is 983. The van der Waals surface area contributed by atoms with Gasteiger partial charge in [0.05, 0.1) is 11.5 Å². The predicted molar refractivity (Wildman–Crippen MR) is 97.3 cm³/mol. The summed E-state index contributed by atoms with van der Waals surface area (Å²) in [4.78, 5) is 22.6. The second kappa shape index (κ2) is 6.02. The molecule has 1 aliphatic carbocycles. The van der Waals surface area contributed by atoms with Crippen LogP contribution in [0.2, 0.25) is 0 Å². The van der Waals surface area contributed by atoms with Crippen LogP contribution < -0.4 is 5.32 Å². The third-order valence-corrected chi connectivity index (χ3v) is 4.72. The van der Waals surface area contributed by atoms with Crippen LogP contribution in [0.15, 0.2) is 54.6 Å². The molecule has 0 saturated heterocycles. The van der Waals surface area contributed by atoms with Crippen LogP contribution in [0.1, 0.15) is 21.5 Å². The van der Waals surface area contributed by atoms with Crippen molar-refractivity contribution in [1.82, 2.24) is 0 Å². The first-order chi connectivity index (χ1) is 12.1. The molecule has 4 rings (SSSR count). The lowest BCUT2D eigenvalue weighted by molar-refractivity contribution is -0.384. The van der Waals surface area contributed by atoms with Gasteiger partial charge in [-0.05, 0) is 47.6 Å². The van der Waals surface area contributed by atoms with E-state index in [1.54, 1.807) is 0 Å². The summed E-state index contributed by atoms with van der Waals surface area (Å²) in [5.74, 6) is -0.0989. The average molecular weight is 332 g/mol. The molecule has 3 aromatic rings. The van der Waals surface area contributed by atoms with Crippen molar-refractivity contribution in [3.63, 3.8) is 0 Å². The molecule has 0 heterocycles. The minimum absolute atomic E-state index is 0.0167. The molecule has 0 radical (unpaired) electrons. The van der Waals surface area contributed by atoms with Gasteiger partial charge in [0.1, 0.15) is 0 Å². The second-order valence-electron chi connectivity index (χ2n) is 6.19. The van der Waals surface area contributed by atoms with E-state index in [4.69, 9.17) is 0 Å². The van der Waals surface area contributed by atoms with Gasteiger partial charge in [-0.25, -0.2) is 0 Å². The van der Waals surface area contributed by atoms with Gasteiger partial charge in [0, 0.05) is 28.8 Å². The number of benzene rings is 3. The van der Waals surface area contributed by atoms with Gasteiger partial charge in [0.2, 0.25) is 0 Å². The van der Waals surface area contributed by atoms with Gasteiger partial charge in [0.25, 0.3) is 5.69 Å². The van der Waals surface area contributed by atoms with Crippen LogP contribution in [-0.4, -0.2) is 17.3 Å². The third-order valence-electron chi connectivity index (χ3n) is 4.72. The monoisotopic (exact) mass is 332 g/mol. The summed E-state index contributed by atoms with van der Waals surface area (Å²) in [6, 6.07) is 16.1. The summed E-state index contributed by atoms with van der Waals surface area (Å²) in [6.45, 7) is 0.149. The lowest BCUT2D eigenvalue weighted by Crippen LogP contribution is -2.14. The number of nitro groups is 1. The number of nitro benzene ring substituents is 1. The fraction of sp³-hybridized carbons (Fsp3) is 0.150. The highest BCUT2D eigenvalue weighted by molar-refractivity contribution is 6.03. The minimum Gasteiger partial charge on any atom is -0.377 e. The Labute approximate surface area is 144 Å². The molecule has 5 heteroatoms. The molecular weight excluding hydrogens is 316 g/mol. The normalized spacial score (nSPS) is 12.3. The maximum atomic E-state index is 12.3. The summed E-state index contributed by atoms with van der Waals surface area (Å²) in [7, 11) is 0. The van der Waals surface area contributed by atoms with E-state index in [1.807, 2.05) is 6.07 Å². The van der Waals surface area contributed by atoms with Crippen LogP contribution in [-0.2, 0) is 12.8 Å². The molecule has 0 aliphatic heterocycles. The number of hydrogen-bond acceptors (Lipinski definition) is 4. The summed E-state index contributed by atoms with van der Waals surface area (Å²) in [6.07, 6.45) is 2.13. The van der Waals surface area contributed by atoms with Crippen molar-refractivity contribution in [2.24, 2.45) is 0 Å². The predicted octanol–water partition coefficient (Wildman–Crippen LogP) is 4.14. The maximum Gasteiger partial charge on any atom is 0.269 e. The van der Waals surface area contributed by atoms with Crippen molar-refractivity contribution < 1.29 is 9.72 Å². The van der Waals surface area contributed by atoms with Gasteiger partial charge in [-0.15, -0.1) is 0 Å². The smallest absolute Gasteiger partial charge is 0.269 e. The van der Waals surface area contributed by atoms with Gasteiger partial charge >= 0.3 is 0 Å². The van der Waals surface area contributed by atoms with Crippen molar-refractivity contribution in [2.45, 2.75) is 12.8 Å². The second-order valence-corrected chi connectivity index (χ2v) is 6.19. The molecule has 124 valence electrons. The Balaban J connectivity index is 1.55. The molecule has 5 nitrogen and oxygen atoms in total. The Morgan fingerprint density at radius 1 is 1.00 bits per heavy atom. The highest BCUT2D eigenvalue weighted by Crippen LogP contribution is 2.34. The molecule has 25 heavy (non-hydrogen) atoms. The van der Waals surface area contributed by atoms with Crippen LogP contribution in [0.5, 0.6) is 0 Å². The number of Topliss-reactive ketones (excluding diaryl/α,β-unsaturated/α-hetero) is 1. The lowest BCUT2D eigenvalue weighted by Gasteiger charge is -2.11. The minimum atomic E-state index is -0.473. The maximum absolute atomic E-state index is 12.3. The zero-order chi connectivity index (χ0) is 17.4. The van der Waals surface area contributed by atoms with Crippen LogP contribution in [0.25, 0.3) is 10.8 Å². The van der Waals surface area contributed by atoms with Gasteiger partial charge in [-0.2, -0.15) is 0 Å². The van der Waals surface area contributed by atoms with E-state index in [1.165, 1.54) is 40.8 Å². The highest BCUT2D eigenvalue weighted by Gasteiger charge is 2.16. The molecule has 0 aromatic heterocycles. The molecule has 1 N–H and O–H groups in total. The number of carbonyl (C=O) groups is 1. The SMILES string of the molecule is O=C(CNc1ccc2c3c(cccc13)CC2)c1ccc([N+](=O)[O-])cc1. The Kier molecular flexibility index (Phi) is 3.69. The molecular formula is C20H16N2O3. The number of carbonyl (C=O) groups excluding carboxylic acids is 1. The molecule has 1 aliphatic rings. The fourth-order valence-electron chi connectivity index (χ4n) is 3.45. The van der Waals surface area contributed by atoms with Crippen LogP contribution in [0.4, 0.5) is 11.4 Å². The molecule has 0 atom stereocenters. The molecule has 0 fully saturated rings. The largest absolute Gasteiger partial charge is 0.377 e. The van der Waals surface area contributed by atoms with E-state index in [0.29, 0.717) is 5.56 Å². The van der Waals surface area contributed by atoms with E-state index in [-0.39, 0.29) is 18.0 Å². The van der Waals surface area contributed by atoms with Crippen molar-refractivity contribution in [1.29, 1.82) is 0 Å². The zero-order valence-electron chi connectivity index (χ0n) is 13.5. The lowest BCUT2D eigenvalue weighted by atomic mass is 10.0. The molecule has 0 bridgehead atoms. The summed E-state index contributed by atoms with van der Waals surface area (Å²) in [5, 5.41) is 16.4. The summed E-state index contributed by atoms with van der Waals surface area (Å²) in [5.41, 5.74) is 4.11. The molecule has 0 saturated carbocycles. The molecule has 0 amide bonds. The Morgan fingerprint density at radius 2 is 1.72 bits per heavy atom. The fourth-order valence-corrected chi connectivity index (χ4v) is 3.45. The van der Waals surface area contributed by atoms with E-state index < -0.39 is 4.92 Å². The number of anilines is 1. The van der Waals surface area contributed by atoms with Crippen LogP contribution >= 0.6 is 0 Å². The Hall–Kier alpha value is -3.21. The first-order valence-electron chi connectivity index (χ1n) is 8.18. The van der Waals surface area contributed by atoms with E-state index in [9.17, 15) is 14.9 Å². The number of nitrogens with one attached hydrogen (secondary N) is 1. The van der Waals surface area contributed by atoms with E-state index in [0.717, 1.165) is 23.9 Å². The molecule has 0 spiro atoms. The quantitative estimate of drug-likeness (QED) is 0.433. The van der Waals surface area contributed by atoms with E-state index in [2.05, 4.69) is 29.6 Å². The average Bonchev–Trinajstić information content (AvgIpc) is 3.06. The van der Waals surface area contributed by atoms with Gasteiger partial charge in [-0.1, -0.05) is 24.3 Å². The molecule has 0 unspecified atom stereocenters. The van der Waals surface area contributed by atoms with E-state index >= 15 is 0 Å². The van der Waals surface area contributed by atoms with Crippen LogP contribution in [0.3, 0.4) is 0 Å². The van der Waals surface area contributed by atoms with Crippen molar-refractivity contribution in [2.75, 3.05) is 11.9 Å². The highest BCUT2D eigenvalue weighted by atomic mass is 16.6. The van der Waals surface area contributed by atoms with Gasteiger partial charge in [-0.3, -0.25) is 14.9 Å². The van der Waals surface area contributed by atoms with Crippen molar-refractivity contribution in [3.05, 3.63) is 81.4 Å². The summed E-state index contributed by atoms with van der Waals surface area (Å²) >= 11 is 0.